The third kappa shape index (κ3) is 0.990. The van der Waals surface area contributed by atoms with Crippen LogP contribution in [0.2, 0.25) is 0 Å². The van der Waals surface area contributed by atoms with Crippen molar-refractivity contribution in [1.29, 1.82) is 0 Å². The van der Waals surface area contributed by atoms with E-state index in [2.05, 4.69) is 0 Å². The van der Waals surface area contributed by atoms with Gasteiger partial charge in [-0.3, -0.25) is 19.7 Å². The minimum Gasteiger partial charge on any atom is -0.398 e. The molecule has 0 fully saturated rings. The molecule has 0 bridgehead atoms. The molecule has 3 N–H and O–H groups in total. The first-order chi connectivity index (χ1) is 6.61. The zero-order valence-corrected chi connectivity index (χ0v) is 7.03. The summed E-state index contributed by atoms with van der Waals surface area (Å²) in [6.45, 7) is 0. The van der Waals surface area contributed by atoms with Gasteiger partial charge in [-0.1, -0.05) is 6.07 Å². The van der Waals surface area contributed by atoms with Crippen LogP contribution < -0.4 is 11.1 Å². The Balaban J connectivity index is 2.74. The normalized spacial score (nSPS) is 15.0. The molecular formula is C9H6N2O3. The van der Waals surface area contributed by atoms with Crippen molar-refractivity contribution < 1.29 is 14.4 Å². The molecule has 0 atom stereocenters. The summed E-state index contributed by atoms with van der Waals surface area (Å²) < 4.78 is 0. The van der Waals surface area contributed by atoms with Crippen LogP contribution >= 0.6 is 0 Å². The molecule has 0 radical (unpaired) electrons. The fourth-order valence-corrected chi connectivity index (χ4v) is 1.35. The first kappa shape index (κ1) is 8.43. The molecule has 0 unspecified atom stereocenters. The number of hydrogen-bond donors (Lipinski definition) is 2. The van der Waals surface area contributed by atoms with Crippen molar-refractivity contribution in [2.24, 2.45) is 0 Å². The van der Waals surface area contributed by atoms with Crippen LogP contribution in [0.1, 0.15) is 20.7 Å². The smallest absolute Gasteiger partial charge is 0.299 e. The van der Waals surface area contributed by atoms with Gasteiger partial charge in [0.15, 0.2) is 0 Å². The lowest BCUT2D eigenvalue weighted by molar-refractivity contribution is -0.116. The number of carbonyl (C=O) groups excluding carboxylic acids is 3. The monoisotopic (exact) mass is 190 g/mol. The highest BCUT2D eigenvalue weighted by Gasteiger charge is 2.31. The van der Waals surface area contributed by atoms with E-state index in [0.717, 1.165) is 0 Å². The average Bonchev–Trinajstić information content (AvgIpc) is 2.14. The largest absolute Gasteiger partial charge is 0.398 e. The van der Waals surface area contributed by atoms with Crippen molar-refractivity contribution in [1.82, 2.24) is 5.32 Å². The molecule has 0 saturated heterocycles. The van der Waals surface area contributed by atoms with Gasteiger partial charge in [-0.05, 0) is 12.1 Å². The third-order valence-electron chi connectivity index (χ3n) is 2.00. The van der Waals surface area contributed by atoms with Crippen LogP contribution in [0, 0.1) is 0 Å². The molecule has 0 saturated carbocycles. The minimum atomic E-state index is -0.930. The number of hydrogen-bond acceptors (Lipinski definition) is 4. The lowest BCUT2D eigenvalue weighted by Crippen LogP contribution is -2.42. The SMILES string of the molecule is Nc1cccc2c1C(=O)C(=O)NC2=O. The zero-order chi connectivity index (χ0) is 10.3. The van der Waals surface area contributed by atoms with Crippen LogP contribution in [0.25, 0.3) is 0 Å². The first-order valence-corrected chi connectivity index (χ1v) is 3.90. The fraction of sp³-hybridized carbons (Fsp3) is 0. The molecule has 1 aromatic carbocycles. The van der Waals surface area contributed by atoms with E-state index in [4.69, 9.17) is 5.73 Å². The molecule has 14 heavy (non-hydrogen) atoms. The number of Topliss-reactive ketones (excluding diaryl/α,β-unsaturated/α-hetero) is 1. The molecule has 1 heterocycles. The second-order valence-electron chi connectivity index (χ2n) is 2.88. The Morgan fingerprint density at radius 1 is 1.07 bits per heavy atom. The summed E-state index contributed by atoms with van der Waals surface area (Å²) in [4.78, 5) is 33.6. The van der Waals surface area contributed by atoms with Gasteiger partial charge < -0.3 is 5.73 Å². The van der Waals surface area contributed by atoms with Gasteiger partial charge in [-0.2, -0.15) is 0 Å². The van der Waals surface area contributed by atoms with Crippen LogP contribution in [0.4, 0.5) is 5.69 Å². The van der Waals surface area contributed by atoms with E-state index >= 15 is 0 Å². The van der Waals surface area contributed by atoms with E-state index < -0.39 is 17.6 Å². The molecule has 1 aliphatic heterocycles. The number of fused-ring (bicyclic) bond motifs is 1. The van der Waals surface area contributed by atoms with Gasteiger partial charge in [-0.15, -0.1) is 0 Å². The highest BCUT2D eigenvalue weighted by molar-refractivity contribution is 6.50. The van der Waals surface area contributed by atoms with Crippen molar-refractivity contribution in [3.05, 3.63) is 29.3 Å². The van der Waals surface area contributed by atoms with Crippen LogP contribution in [-0.2, 0) is 4.79 Å². The van der Waals surface area contributed by atoms with Crippen LogP contribution in [0.5, 0.6) is 0 Å². The molecule has 5 nitrogen and oxygen atoms in total. The molecule has 0 aliphatic carbocycles. The number of imide groups is 1. The highest BCUT2D eigenvalue weighted by atomic mass is 16.2. The molecule has 2 rings (SSSR count). The van der Waals surface area contributed by atoms with Gasteiger partial charge in [0.05, 0.1) is 11.1 Å². The Hall–Kier alpha value is -2.17. The van der Waals surface area contributed by atoms with Crippen LogP contribution in [0.3, 0.4) is 0 Å². The number of nitrogen functional groups attached to an aromatic ring is 1. The lowest BCUT2D eigenvalue weighted by Gasteiger charge is -2.14. The molecule has 0 spiro atoms. The van der Waals surface area contributed by atoms with E-state index in [0.29, 0.717) is 0 Å². The Morgan fingerprint density at radius 2 is 1.79 bits per heavy atom. The number of nitrogens with one attached hydrogen (secondary N) is 1. The van der Waals surface area contributed by atoms with E-state index in [1.54, 1.807) is 6.07 Å². The van der Waals surface area contributed by atoms with Gasteiger partial charge in [0, 0.05) is 5.69 Å². The highest BCUT2D eigenvalue weighted by Crippen LogP contribution is 2.20. The molecule has 70 valence electrons. The number of ketones is 1. The quantitative estimate of drug-likeness (QED) is 0.334. The number of nitrogens with two attached hydrogens (primary N) is 1. The van der Waals surface area contributed by atoms with Crippen molar-refractivity contribution in [2.75, 3.05) is 5.73 Å². The summed E-state index contributed by atoms with van der Waals surface area (Å²) in [6, 6.07) is 4.48. The van der Waals surface area contributed by atoms with E-state index in [1.165, 1.54) is 12.1 Å². The van der Waals surface area contributed by atoms with Crippen molar-refractivity contribution in [2.45, 2.75) is 0 Å². The Labute approximate surface area is 78.9 Å². The Morgan fingerprint density at radius 3 is 2.50 bits per heavy atom. The second kappa shape index (κ2) is 2.66. The fourth-order valence-electron chi connectivity index (χ4n) is 1.35. The number of rotatable bonds is 0. The second-order valence-corrected chi connectivity index (χ2v) is 2.88. The van der Waals surface area contributed by atoms with Gasteiger partial charge >= 0.3 is 0 Å². The molecule has 1 aliphatic rings. The number of amides is 2. The van der Waals surface area contributed by atoms with Crippen molar-refractivity contribution >= 4 is 23.3 Å². The number of anilines is 1. The van der Waals surface area contributed by atoms with E-state index in [-0.39, 0.29) is 16.8 Å². The Bertz CT molecular complexity index is 465. The maximum Gasteiger partial charge on any atom is 0.299 e. The minimum absolute atomic E-state index is 0.00116. The molecular weight excluding hydrogens is 184 g/mol. The molecule has 5 heteroatoms. The summed E-state index contributed by atoms with van der Waals surface area (Å²) in [7, 11) is 0. The van der Waals surface area contributed by atoms with Crippen LogP contribution in [-0.4, -0.2) is 17.6 Å². The molecule has 2 amide bonds. The maximum absolute atomic E-state index is 11.3. The average molecular weight is 190 g/mol. The molecule has 1 aromatic rings. The van der Waals surface area contributed by atoms with E-state index in [9.17, 15) is 14.4 Å². The predicted octanol–water partition coefficient (Wildman–Crippen LogP) is -0.278. The topological polar surface area (TPSA) is 89.3 Å². The van der Waals surface area contributed by atoms with E-state index in [1.807, 2.05) is 5.32 Å². The van der Waals surface area contributed by atoms with Crippen molar-refractivity contribution in [3.8, 4) is 0 Å². The number of carbonyl (C=O) groups is 3. The van der Waals surface area contributed by atoms with Gasteiger partial charge in [0.25, 0.3) is 17.6 Å². The standard InChI is InChI=1S/C9H6N2O3/c10-5-3-1-2-4-6(5)7(12)9(14)11-8(4)13/h1-3H,10H2,(H,11,13,14). The van der Waals surface area contributed by atoms with Gasteiger partial charge in [-0.25, -0.2) is 0 Å². The van der Waals surface area contributed by atoms with Gasteiger partial charge in [0.1, 0.15) is 0 Å². The predicted molar refractivity (Wildman–Crippen MR) is 47.7 cm³/mol. The van der Waals surface area contributed by atoms with Crippen molar-refractivity contribution in [3.63, 3.8) is 0 Å². The van der Waals surface area contributed by atoms with Gasteiger partial charge in [0.2, 0.25) is 0 Å². The number of benzene rings is 1. The summed E-state index contributed by atoms with van der Waals surface area (Å²) >= 11 is 0. The summed E-state index contributed by atoms with van der Waals surface area (Å²) in [5.74, 6) is -2.28. The lowest BCUT2D eigenvalue weighted by atomic mass is 9.97. The zero-order valence-electron chi connectivity index (χ0n) is 7.03. The van der Waals surface area contributed by atoms with Crippen LogP contribution in [0.15, 0.2) is 18.2 Å². The summed E-state index contributed by atoms with van der Waals surface area (Å²) in [6.07, 6.45) is 0. The Kier molecular flexibility index (Phi) is 1.60. The first-order valence-electron chi connectivity index (χ1n) is 3.90. The third-order valence-corrected chi connectivity index (χ3v) is 2.00. The summed E-state index contributed by atoms with van der Waals surface area (Å²) in [5.41, 5.74) is 5.80. The molecule has 0 aromatic heterocycles. The maximum atomic E-state index is 11.3. The summed E-state index contributed by atoms with van der Waals surface area (Å²) in [5, 5.41) is 1.93.